The van der Waals surface area contributed by atoms with E-state index in [1.165, 1.54) is 0 Å². The van der Waals surface area contributed by atoms with Crippen LogP contribution >= 0.6 is 11.3 Å². The van der Waals surface area contributed by atoms with Gasteiger partial charge in [0, 0.05) is 24.0 Å². The number of ether oxygens (including phenoxy) is 2. The summed E-state index contributed by atoms with van der Waals surface area (Å²) in [6.45, 7) is 6.57. The molecule has 2 aromatic rings. The van der Waals surface area contributed by atoms with Crippen LogP contribution in [0, 0.1) is 13.8 Å². The molecule has 2 aliphatic rings. The molecule has 0 bridgehead atoms. The molecule has 6 heteroatoms. The number of benzene rings is 1. The fraction of sp³-hybridized carbons (Fsp3) is 0.500. The molecule has 1 spiro atoms. The number of likely N-dealkylation sites (tertiary alicyclic amines) is 1. The fourth-order valence-electron chi connectivity index (χ4n) is 3.69. The molecule has 2 fully saturated rings. The summed E-state index contributed by atoms with van der Waals surface area (Å²) in [5.74, 6) is 0.0835. The Morgan fingerprint density at radius 3 is 2.81 bits per heavy atom. The van der Waals surface area contributed by atoms with Gasteiger partial charge in [0.1, 0.15) is 5.60 Å². The first-order chi connectivity index (χ1) is 12.5. The van der Waals surface area contributed by atoms with Gasteiger partial charge in [0.05, 0.1) is 36.5 Å². The van der Waals surface area contributed by atoms with E-state index in [1.54, 1.807) is 11.3 Å². The first kappa shape index (κ1) is 17.6. The van der Waals surface area contributed by atoms with Crippen LogP contribution < -0.4 is 0 Å². The van der Waals surface area contributed by atoms with Crippen molar-refractivity contribution in [2.75, 3.05) is 19.7 Å². The van der Waals surface area contributed by atoms with Crippen molar-refractivity contribution in [3.05, 3.63) is 51.5 Å². The minimum atomic E-state index is -0.235. The second-order valence-corrected chi connectivity index (χ2v) is 8.40. The van der Waals surface area contributed by atoms with Gasteiger partial charge in [0.2, 0.25) is 0 Å². The number of hydrogen-bond donors (Lipinski definition) is 0. The topological polar surface area (TPSA) is 51.7 Å². The number of nitrogens with zero attached hydrogens (tertiary/aromatic N) is 2. The Balaban J connectivity index is 1.31. The predicted molar refractivity (Wildman–Crippen MR) is 100 cm³/mol. The van der Waals surface area contributed by atoms with E-state index < -0.39 is 0 Å². The Hall–Kier alpha value is -1.76. The normalized spacial score (nSPS) is 21.6. The molecule has 0 N–H and O–H groups in total. The van der Waals surface area contributed by atoms with Crippen molar-refractivity contribution < 1.29 is 14.3 Å². The van der Waals surface area contributed by atoms with E-state index in [9.17, 15) is 4.79 Å². The van der Waals surface area contributed by atoms with Gasteiger partial charge in [-0.3, -0.25) is 4.79 Å². The lowest BCUT2D eigenvalue weighted by molar-refractivity contribution is -0.188. The summed E-state index contributed by atoms with van der Waals surface area (Å²) in [6.07, 6.45) is 1.91. The highest BCUT2D eigenvalue weighted by molar-refractivity contribution is 7.09. The van der Waals surface area contributed by atoms with Crippen LogP contribution in [0.4, 0.5) is 0 Å². The second-order valence-electron chi connectivity index (χ2n) is 7.34. The van der Waals surface area contributed by atoms with Crippen LogP contribution in [0.25, 0.3) is 0 Å². The third kappa shape index (κ3) is 3.68. The summed E-state index contributed by atoms with van der Waals surface area (Å²) in [5.41, 5.74) is 2.67. The SMILES string of the molecule is Cc1ccc(C(=O)N2CC3(CC(OCc4csc(C)n4)CCO3)C2)cc1. The van der Waals surface area contributed by atoms with Crippen molar-refractivity contribution in [1.29, 1.82) is 0 Å². The quantitative estimate of drug-likeness (QED) is 0.826. The molecule has 1 unspecified atom stereocenters. The first-order valence-electron chi connectivity index (χ1n) is 9.06. The second kappa shape index (κ2) is 7.10. The maximum Gasteiger partial charge on any atom is 0.254 e. The smallest absolute Gasteiger partial charge is 0.254 e. The largest absolute Gasteiger partial charge is 0.372 e. The molecule has 138 valence electrons. The van der Waals surface area contributed by atoms with Gasteiger partial charge in [-0.15, -0.1) is 11.3 Å². The highest BCUT2D eigenvalue weighted by Gasteiger charge is 2.49. The van der Waals surface area contributed by atoms with E-state index in [1.807, 2.05) is 43.0 Å². The Labute approximate surface area is 157 Å². The van der Waals surface area contributed by atoms with Gasteiger partial charge < -0.3 is 14.4 Å². The van der Waals surface area contributed by atoms with Crippen molar-refractivity contribution >= 4 is 17.2 Å². The molecule has 2 aliphatic heterocycles. The molecule has 3 heterocycles. The van der Waals surface area contributed by atoms with Crippen molar-refractivity contribution in [1.82, 2.24) is 9.88 Å². The average molecular weight is 372 g/mol. The van der Waals surface area contributed by atoms with Crippen LogP contribution in [0.2, 0.25) is 0 Å². The molecule has 1 aromatic carbocycles. The van der Waals surface area contributed by atoms with E-state index in [4.69, 9.17) is 9.47 Å². The zero-order valence-corrected chi connectivity index (χ0v) is 16.1. The summed E-state index contributed by atoms with van der Waals surface area (Å²) >= 11 is 1.65. The molecular formula is C20H24N2O3S. The Morgan fingerprint density at radius 1 is 1.35 bits per heavy atom. The van der Waals surface area contributed by atoms with Gasteiger partial charge in [-0.2, -0.15) is 0 Å². The summed E-state index contributed by atoms with van der Waals surface area (Å²) in [5, 5.41) is 3.12. The minimum absolute atomic E-state index is 0.0835. The maximum absolute atomic E-state index is 12.6. The van der Waals surface area contributed by atoms with Crippen molar-refractivity contribution in [2.45, 2.75) is 45.0 Å². The maximum atomic E-state index is 12.6. The van der Waals surface area contributed by atoms with Crippen molar-refractivity contribution in [3.63, 3.8) is 0 Å². The van der Waals surface area contributed by atoms with Gasteiger partial charge in [-0.25, -0.2) is 4.98 Å². The number of carbonyl (C=O) groups excluding carboxylic acids is 1. The third-order valence-electron chi connectivity index (χ3n) is 5.13. The Bertz CT molecular complexity index is 781. The summed E-state index contributed by atoms with van der Waals surface area (Å²) in [6, 6.07) is 7.74. The fourth-order valence-corrected chi connectivity index (χ4v) is 4.29. The molecular weight excluding hydrogens is 348 g/mol. The zero-order valence-electron chi connectivity index (χ0n) is 15.2. The number of rotatable bonds is 4. The standard InChI is InChI=1S/C20H24N2O3S/c1-14-3-5-16(6-4-14)19(23)22-12-20(13-22)9-18(7-8-25-20)24-10-17-11-26-15(2)21-17/h3-6,11,18H,7-10,12-13H2,1-2H3. The van der Waals surface area contributed by atoms with Crippen LogP contribution in [0.5, 0.6) is 0 Å². The molecule has 1 amide bonds. The van der Waals surface area contributed by atoms with Crippen LogP contribution in [0.1, 0.15) is 39.5 Å². The highest BCUT2D eigenvalue weighted by Crippen LogP contribution is 2.36. The molecule has 4 rings (SSSR count). The lowest BCUT2D eigenvalue weighted by Gasteiger charge is -2.53. The van der Waals surface area contributed by atoms with E-state index in [-0.39, 0.29) is 17.6 Å². The van der Waals surface area contributed by atoms with Crippen LogP contribution in [-0.4, -0.2) is 47.2 Å². The Kier molecular flexibility index (Phi) is 4.82. The van der Waals surface area contributed by atoms with E-state index >= 15 is 0 Å². The zero-order chi connectivity index (χ0) is 18.1. The summed E-state index contributed by atoms with van der Waals surface area (Å²) in [7, 11) is 0. The third-order valence-corrected chi connectivity index (χ3v) is 5.95. The molecule has 0 saturated carbocycles. The molecule has 0 aliphatic carbocycles. The number of hydrogen-bond acceptors (Lipinski definition) is 5. The predicted octanol–water partition coefficient (Wildman–Crippen LogP) is 3.35. The van der Waals surface area contributed by atoms with Gasteiger partial charge >= 0.3 is 0 Å². The number of carbonyl (C=O) groups is 1. The molecule has 2 saturated heterocycles. The van der Waals surface area contributed by atoms with Gasteiger partial charge in [0.15, 0.2) is 0 Å². The summed E-state index contributed by atoms with van der Waals surface area (Å²) in [4.78, 5) is 18.9. The lowest BCUT2D eigenvalue weighted by Crippen LogP contribution is -2.67. The van der Waals surface area contributed by atoms with Gasteiger partial charge in [-0.05, 0) is 32.4 Å². The molecule has 0 radical (unpaired) electrons. The van der Waals surface area contributed by atoms with Crippen molar-refractivity contribution in [3.8, 4) is 0 Å². The van der Waals surface area contributed by atoms with E-state index in [0.29, 0.717) is 26.3 Å². The van der Waals surface area contributed by atoms with Crippen LogP contribution in [0.3, 0.4) is 0 Å². The number of amides is 1. The minimum Gasteiger partial charge on any atom is -0.372 e. The molecule has 1 aromatic heterocycles. The number of aromatic nitrogens is 1. The highest BCUT2D eigenvalue weighted by atomic mass is 32.1. The molecule has 26 heavy (non-hydrogen) atoms. The van der Waals surface area contributed by atoms with Crippen LogP contribution in [0.15, 0.2) is 29.6 Å². The first-order valence-corrected chi connectivity index (χ1v) is 9.93. The van der Waals surface area contributed by atoms with Crippen LogP contribution in [-0.2, 0) is 16.1 Å². The molecule has 1 atom stereocenters. The van der Waals surface area contributed by atoms with E-state index in [0.717, 1.165) is 34.7 Å². The van der Waals surface area contributed by atoms with E-state index in [2.05, 4.69) is 10.4 Å². The molecule has 5 nitrogen and oxygen atoms in total. The monoisotopic (exact) mass is 372 g/mol. The number of thiazole rings is 1. The van der Waals surface area contributed by atoms with Gasteiger partial charge in [-0.1, -0.05) is 17.7 Å². The lowest BCUT2D eigenvalue weighted by atomic mass is 9.84. The average Bonchev–Trinajstić information content (AvgIpc) is 3.03. The van der Waals surface area contributed by atoms with Gasteiger partial charge in [0.25, 0.3) is 5.91 Å². The Morgan fingerprint density at radius 2 is 2.12 bits per heavy atom. The number of aryl methyl sites for hydroxylation is 2. The van der Waals surface area contributed by atoms with Crippen molar-refractivity contribution in [2.24, 2.45) is 0 Å². The summed E-state index contributed by atoms with van der Waals surface area (Å²) < 4.78 is 12.1.